The molecular formula is C21H21Br2N3O2. The van der Waals surface area contributed by atoms with E-state index in [4.69, 9.17) is 9.72 Å². The zero-order valence-corrected chi connectivity index (χ0v) is 19.1. The summed E-state index contributed by atoms with van der Waals surface area (Å²) in [5.74, 6) is 1.53. The molecule has 146 valence electrons. The molecule has 3 rings (SSSR count). The molecule has 1 atom stereocenters. The number of rotatable bonds is 6. The van der Waals surface area contributed by atoms with Crippen molar-refractivity contribution in [2.45, 2.75) is 33.1 Å². The smallest absolute Gasteiger partial charge is 0.282 e. The average Bonchev–Trinajstić information content (AvgIpc) is 2.69. The van der Waals surface area contributed by atoms with Crippen molar-refractivity contribution < 1.29 is 4.74 Å². The van der Waals surface area contributed by atoms with Crippen LogP contribution in [-0.2, 0) is 0 Å². The lowest BCUT2D eigenvalue weighted by Crippen LogP contribution is -2.23. The lowest BCUT2D eigenvalue weighted by molar-refractivity contribution is 0.338. The number of hydrogen-bond acceptors (Lipinski definition) is 4. The summed E-state index contributed by atoms with van der Waals surface area (Å²) in [6.07, 6.45) is 2.53. The topological polar surface area (TPSA) is 56.5 Å². The summed E-state index contributed by atoms with van der Waals surface area (Å²) in [6.45, 7) is 6.65. The summed E-state index contributed by atoms with van der Waals surface area (Å²) < 4.78 is 8.62. The predicted octanol–water partition coefficient (Wildman–Crippen LogP) is 5.72. The second kappa shape index (κ2) is 9.01. The van der Waals surface area contributed by atoms with Crippen molar-refractivity contribution in [2.24, 2.45) is 5.10 Å². The van der Waals surface area contributed by atoms with E-state index in [1.807, 2.05) is 44.2 Å². The van der Waals surface area contributed by atoms with Gasteiger partial charge in [0.1, 0.15) is 11.6 Å². The maximum Gasteiger partial charge on any atom is 0.282 e. The van der Waals surface area contributed by atoms with Crippen LogP contribution in [0.5, 0.6) is 5.75 Å². The van der Waals surface area contributed by atoms with E-state index >= 15 is 0 Å². The molecule has 0 saturated carbocycles. The van der Waals surface area contributed by atoms with Gasteiger partial charge in [0.25, 0.3) is 5.56 Å². The molecule has 7 heteroatoms. The maximum atomic E-state index is 13.1. The third kappa shape index (κ3) is 4.36. The molecule has 0 unspecified atom stereocenters. The van der Waals surface area contributed by atoms with E-state index in [9.17, 15) is 4.79 Å². The fourth-order valence-corrected chi connectivity index (χ4v) is 3.65. The minimum atomic E-state index is -0.178. The molecule has 0 saturated heterocycles. The standard InChI is InChI=1S/C21H21Br2N3O2/c1-4-13(3)20-25-18-8-7-15(22)11-16(18)21(27)26(20)24-12-14-6-9-19(28-5-2)17(23)10-14/h6-13H,4-5H2,1-3H3/t13-/m0/s1. The number of benzene rings is 2. The summed E-state index contributed by atoms with van der Waals surface area (Å²) in [5.41, 5.74) is 1.35. The van der Waals surface area contributed by atoms with E-state index in [0.717, 1.165) is 26.7 Å². The van der Waals surface area contributed by atoms with Crippen molar-refractivity contribution in [2.75, 3.05) is 6.61 Å². The van der Waals surface area contributed by atoms with Crippen molar-refractivity contribution in [3.05, 3.63) is 67.1 Å². The van der Waals surface area contributed by atoms with Crippen LogP contribution >= 0.6 is 31.9 Å². The van der Waals surface area contributed by atoms with Crippen LogP contribution in [0.3, 0.4) is 0 Å². The Bertz CT molecular complexity index is 1090. The first-order valence-corrected chi connectivity index (χ1v) is 10.7. The Labute approximate surface area is 180 Å². The van der Waals surface area contributed by atoms with Gasteiger partial charge in [0.05, 0.1) is 28.2 Å². The first kappa shape index (κ1) is 20.7. The van der Waals surface area contributed by atoms with Gasteiger partial charge in [-0.2, -0.15) is 9.78 Å². The molecule has 0 aliphatic heterocycles. The first-order valence-electron chi connectivity index (χ1n) is 9.13. The van der Waals surface area contributed by atoms with E-state index < -0.39 is 0 Å². The van der Waals surface area contributed by atoms with E-state index in [2.05, 4.69) is 43.9 Å². The summed E-state index contributed by atoms with van der Waals surface area (Å²) in [4.78, 5) is 17.8. The number of halogens is 2. The zero-order valence-electron chi connectivity index (χ0n) is 15.9. The molecule has 1 heterocycles. The minimum absolute atomic E-state index is 0.102. The van der Waals surface area contributed by atoms with Gasteiger partial charge in [0.2, 0.25) is 0 Å². The maximum absolute atomic E-state index is 13.1. The summed E-state index contributed by atoms with van der Waals surface area (Å²) in [7, 11) is 0. The summed E-state index contributed by atoms with van der Waals surface area (Å²) in [6, 6.07) is 11.2. The molecule has 3 aromatic rings. The summed E-state index contributed by atoms with van der Waals surface area (Å²) >= 11 is 6.93. The van der Waals surface area contributed by atoms with Crippen molar-refractivity contribution in [1.29, 1.82) is 0 Å². The highest BCUT2D eigenvalue weighted by atomic mass is 79.9. The predicted molar refractivity (Wildman–Crippen MR) is 121 cm³/mol. The molecule has 1 aromatic heterocycles. The van der Waals surface area contributed by atoms with Crippen LogP contribution in [0, 0.1) is 0 Å². The van der Waals surface area contributed by atoms with E-state index in [0.29, 0.717) is 23.3 Å². The summed E-state index contributed by atoms with van der Waals surface area (Å²) in [5, 5.41) is 5.02. The second-order valence-electron chi connectivity index (χ2n) is 6.43. The van der Waals surface area contributed by atoms with E-state index in [1.54, 1.807) is 12.3 Å². The number of hydrogen-bond donors (Lipinski definition) is 0. The number of nitrogens with zero attached hydrogens (tertiary/aromatic N) is 3. The van der Waals surface area contributed by atoms with Crippen molar-refractivity contribution in [3.63, 3.8) is 0 Å². The van der Waals surface area contributed by atoms with Gasteiger partial charge in [-0.05, 0) is 71.2 Å². The van der Waals surface area contributed by atoms with Crippen LogP contribution in [0.1, 0.15) is 44.5 Å². The van der Waals surface area contributed by atoms with Crippen molar-refractivity contribution >= 4 is 49.0 Å². The quantitative estimate of drug-likeness (QED) is 0.402. The molecular weight excluding hydrogens is 486 g/mol. The molecule has 0 aliphatic carbocycles. The van der Waals surface area contributed by atoms with Gasteiger partial charge in [-0.1, -0.05) is 29.8 Å². The highest BCUT2D eigenvalue weighted by Crippen LogP contribution is 2.25. The SMILES string of the molecule is CCOc1ccc(C=Nn2c([C@@H](C)CC)nc3ccc(Br)cc3c2=O)cc1Br. The van der Waals surface area contributed by atoms with E-state index in [-0.39, 0.29) is 11.5 Å². The van der Waals surface area contributed by atoms with Crippen LogP contribution in [-0.4, -0.2) is 22.5 Å². The molecule has 0 spiro atoms. The van der Waals surface area contributed by atoms with Crippen LogP contribution in [0.25, 0.3) is 10.9 Å². The average molecular weight is 507 g/mol. The molecule has 28 heavy (non-hydrogen) atoms. The van der Waals surface area contributed by atoms with Gasteiger partial charge in [-0.3, -0.25) is 4.79 Å². The van der Waals surface area contributed by atoms with Crippen molar-refractivity contribution in [1.82, 2.24) is 9.66 Å². The van der Waals surface area contributed by atoms with Gasteiger partial charge in [0, 0.05) is 10.4 Å². The molecule has 0 bridgehead atoms. The Kier molecular flexibility index (Phi) is 6.67. The monoisotopic (exact) mass is 505 g/mol. The Morgan fingerprint density at radius 2 is 2.00 bits per heavy atom. The van der Waals surface area contributed by atoms with Gasteiger partial charge in [0.15, 0.2) is 0 Å². The van der Waals surface area contributed by atoms with Crippen LogP contribution in [0.15, 0.2) is 55.2 Å². The first-order chi connectivity index (χ1) is 13.4. The molecule has 0 radical (unpaired) electrons. The van der Waals surface area contributed by atoms with Gasteiger partial charge < -0.3 is 4.74 Å². The fraction of sp³-hybridized carbons (Fsp3) is 0.286. The van der Waals surface area contributed by atoms with Crippen LogP contribution in [0.2, 0.25) is 0 Å². The van der Waals surface area contributed by atoms with Crippen LogP contribution in [0.4, 0.5) is 0 Å². The number of ether oxygens (including phenoxy) is 1. The normalized spacial score (nSPS) is 12.6. The fourth-order valence-electron chi connectivity index (χ4n) is 2.77. The highest BCUT2D eigenvalue weighted by Gasteiger charge is 2.15. The van der Waals surface area contributed by atoms with Gasteiger partial charge in [-0.25, -0.2) is 4.98 Å². The molecule has 2 aromatic carbocycles. The third-order valence-electron chi connectivity index (χ3n) is 4.46. The Hall–Kier alpha value is -1.99. The molecule has 0 N–H and O–H groups in total. The zero-order chi connectivity index (χ0) is 20.3. The Balaban J connectivity index is 2.10. The molecule has 0 aliphatic rings. The van der Waals surface area contributed by atoms with Crippen molar-refractivity contribution in [3.8, 4) is 5.75 Å². The molecule has 0 amide bonds. The Morgan fingerprint density at radius 3 is 2.68 bits per heavy atom. The lowest BCUT2D eigenvalue weighted by atomic mass is 10.1. The second-order valence-corrected chi connectivity index (χ2v) is 8.20. The third-order valence-corrected chi connectivity index (χ3v) is 5.58. The number of aromatic nitrogens is 2. The van der Waals surface area contributed by atoms with E-state index in [1.165, 1.54) is 4.68 Å². The number of fused-ring (bicyclic) bond motifs is 1. The highest BCUT2D eigenvalue weighted by molar-refractivity contribution is 9.10. The molecule has 5 nitrogen and oxygen atoms in total. The lowest BCUT2D eigenvalue weighted by Gasteiger charge is -2.14. The molecule has 0 fully saturated rings. The minimum Gasteiger partial charge on any atom is -0.493 e. The van der Waals surface area contributed by atoms with Gasteiger partial charge >= 0.3 is 0 Å². The Morgan fingerprint density at radius 1 is 1.21 bits per heavy atom. The largest absolute Gasteiger partial charge is 0.493 e. The van der Waals surface area contributed by atoms with Gasteiger partial charge in [-0.15, -0.1) is 0 Å². The van der Waals surface area contributed by atoms with Crippen LogP contribution < -0.4 is 10.3 Å².